The van der Waals surface area contributed by atoms with Gasteiger partial charge in [0.15, 0.2) is 11.0 Å². The average molecular weight is 344 g/mol. The minimum atomic E-state index is -0.289. The molecule has 3 aromatic rings. The maximum absolute atomic E-state index is 14.1. The molecule has 0 bridgehead atoms. The number of nitrogens with zero attached hydrogens (tertiary/aromatic N) is 2. The van der Waals surface area contributed by atoms with Crippen LogP contribution in [0.3, 0.4) is 0 Å². The van der Waals surface area contributed by atoms with E-state index in [4.69, 9.17) is 4.42 Å². The van der Waals surface area contributed by atoms with Gasteiger partial charge in [-0.3, -0.25) is 10.1 Å². The number of aryl methyl sites for hydroxylation is 1. The molecule has 24 heavy (non-hydrogen) atoms. The molecule has 0 aliphatic rings. The second-order valence-electron chi connectivity index (χ2n) is 5.08. The van der Waals surface area contributed by atoms with E-state index in [1.807, 2.05) is 25.3 Å². The predicted molar refractivity (Wildman–Crippen MR) is 95.7 cm³/mol. The van der Waals surface area contributed by atoms with Crippen LogP contribution in [-0.2, 0) is 6.54 Å². The van der Waals surface area contributed by atoms with E-state index in [1.165, 1.54) is 17.8 Å². The van der Waals surface area contributed by atoms with Crippen LogP contribution in [0.1, 0.15) is 11.5 Å². The molecule has 0 saturated carbocycles. The first-order chi connectivity index (χ1) is 11.7. The first kappa shape index (κ1) is 16.3. The number of aliphatic imine (C=N–C) groups is 1. The molecule has 0 amide bonds. The van der Waals surface area contributed by atoms with Crippen molar-refractivity contribution in [2.45, 2.75) is 13.5 Å². The smallest absolute Gasteiger partial charge is 0.162 e. The number of amidine groups is 1. The van der Waals surface area contributed by atoms with Crippen LogP contribution in [0.15, 0.2) is 52.1 Å². The minimum absolute atomic E-state index is 0.289. The summed E-state index contributed by atoms with van der Waals surface area (Å²) in [5, 5.41) is 11.0. The highest BCUT2D eigenvalue weighted by Crippen LogP contribution is 2.31. The van der Waals surface area contributed by atoms with Gasteiger partial charge in [0.05, 0.1) is 12.8 Å². The van der Waals surface area contributed by atoms with Crippen molar-refractivity contribution in [3.05, 3.63) is 59.9 Å². The molecule has 0 atom stereocenters. The van der Waals surface area contributed by atoms with Gasteiger partial charge in [-0.25, -0.2) is 4.39 Å². The molecule has 0 unspecified atom stereocenters. The van der Waals surface area contributed by atoms with E-state index >= 15 is 0 Å². The summed E-state index contributed by atoms with van der Waals surface area (Å²) < 4.78 is 19.4. The quantitative estimate of drug-likeness (QED) is 0.542. The number of furan rings is 1. The van der Waals surface area contributed by atoms with E-state index in [9.17, 15) is 4.39 Å². The molecule has 0 aliphatic carbocycles. The van der Waals surface area contributed by atoms with Crippen LogP contribution in [0, 0.1) is 12.7 Å². The lowest BCUT2D eigenvalue weighted by atomic mass is 10.1. The van der Waals surface area contributed by atoms with Crippen molar-refractivity contribution in [1.29, 1.82) is 0 Å². The molecule has 2 heterocycles. The highest BCUT2D eigenvalue weighted by molar-refractivity contribution is 8.13. The second kappa shape index (κ2) is 7.35. The van der Waals surface area contributed by atoms with Crippen LogP contribution in [-0.4, -0.2) is 21.6 Å². The minimum Gasteiger partial charge on any atom is -0.467 e. The Bertz CT molecular complexity index is 842. The Morgan fingerprint density at radius 3 is 2.88 bits per heavy atom. The summed E-state index contributed by atoms with van der Waals surface area (Å²) in [4.78, 5) is 4.47. The third-order valence-corrected chi connectivity index (χ3v) is 4.09. The number of hydrogen-bond acceptors (Lipinski definition) is 4. The summed E-state index contributed by atoms with van der Waals surface area (Å²) >= 11 is 1.45. The van der Waals surface area contributed by atoms with Gasteiger partial charge in [-0.1, -0.05) is 30.0 Å². The fourth-order valence-electron chi connectivity index (χ4n) is 2.32. The van der Waals surface area contributed by atoms with Crippen LogP contribution in [0.2, 0.25) is 0 Å². The zero-order valence-corrected chi connectivity index (χ0v) is 14.2. The number of halogens is 1. The van der Waals surface area contributed by atoms with Gasteiger partial charge in [0.1, 0.15) is 11.6 Å². The zero-order chi connectivity index (χ0) is 16.9. The second-order valence-corrected chi connectivity index (χ2v) is 5.88. The highest BCUT2D eigenvalue weighted by atomic mass is 32.2. The molecule has 0 aliphatic heterocycles. The predicted octanol–water partition coefficient (Wildman–Crippen LogP) is 4.45. The van der Waals surface area contributed by atoms with Crippen molar-refractivity contribution < 1.29 is 8.81 Å². The van der Waals surface area contributed by atoms with Gasteiger partial charge >= 0.3 is 0 Å². The highest BCUT2D eigenvalue weighted by Gasteiger charge is 2.16. The maximum Gasteiger partial charge on any atom is 0.162 e. The van der Waals surface area contributed by atoms with Crippen molar-refractivity contribution in [2.24, 2.45) is 4.99 Å². The van der Waals surface area contributed by atoms with Gasteiger partial charge in [-0.15, -0.1) is 0 Å². The molecule has 0 saturated heterocycles. The van der Waals surface area contributed by atoms with Crippen molar-refractivity contribution in [3.63, 3.8) is 0 Å². The lowest BCUT2D eigenvalue weighted by Gasteiger charge is -2.09. The van der Waals surface area contributed by atoms with Gasteiger partial charge in [-0.05, 0) is 31.4 Å². The molecular formula is C17H17FN4OS. The number of benzene rings is 1. The van der Waals surface area contributed by atoms with Crippen LogP contribution >= 0.6 is 11.8 Å². The van der Waals surface area contributed by atoms with E-state index < -0.39 is 0 Å². The van der Waals surface area contributed by atoms with E-state index in [-0.39, 0.29) is 5.82 Å². The van der Waals surface area contributed by atoms with Gasteiger partial charge in [-0.2, -0.15) is 5.10 Å². The molecule has 5 nitrogen and oxygen atoms in total. The van der Waals surface area contributed by atoms with Crippen LogP contribution in [0.5, 0.6) is 0 Å². The number of hydrogen-bond donors (Lipinski definition) is 2. The summed E-state index contributed by atoms with van der Waals surface area (Å²) in [6.07, 6.45) is 3.53. The number of thioether (sulfide) groups is 1. The van der Waals surface area contributed by atoms with Crippen LogP contribution in [0.25, 0.3) is 11.1 Å². The van der Waals surface area contributed by atoms with E-state index in [0.29, 0.717) is 28.7 Å². The number of nitrogens with one attached hydrogen (secondary N) is 2. The Morgan fingerprint density at radius 1 is 1.33 bits per heavy atom. The average Bonchev–Trinajstić information content (AvgIpc) is 3.22. The molecule has 0 radical (unpaired) electrons. The largest absolute Gasteiger partial charge is 0.467 e. The molecule has 0 fully saturated rings. The number of aromatic amines is 1. The Kier molecular flexibility index (Phi) is 5.00. The molecule has 1 aromatic carbocycles. The first-order valence-electron chi connectivity index (χ1n) is 7.36. The lowest BCUT2D eigenvalue weighted by molar-refractivity contribution is 0.513. The Labute approximate surface area is 143 Å². The molecule has 2 aromatic heterocycles. The number of aromatic nitrogens is 2. The Hall–Kier alpha value is -2.54. The molecule has 124 valence electrons. The zero-order valence-electron chi connectivity index (χ0n) is 13.3. The third-order valence-electron chi connectivity index (χ3n) is 3.47. The summed E-state index contributed by atoms with van der Waals surface area (Å²) in [5.41, 5.74) is 1.99. The van der Waals surface area contributed by atoms with Gasteiger partial charge in [0.25, 0.3) is 0 Å². The summed E-state index contributed by atoms with van der Waals surface area (Å²) in [5.74, 6) is 1.03. The number of H-pyrrole nitrogens is 1. The van der Waals surface area contributed by atoms with Crippen LogP contribution < -0.4 is 5.32 Å². The van der Waals surface area contributed by atoms with Crippen molar-refractivity contribution >= 4 is 22.7 Å². The van der Waals surface area contributed by atoms with E-state index in [0.717, 1.165) is 11.5 Å². The first-order valence-corrected chi connectivity index (χ1v) is 8.59. The molecular weight excluding hydrogens is 327 g/mol. The SMILES string of the molecule is CSC(=NCc1ccco1)Nc1n[nH]c(C)c1-c1ccccc1F. The van der Waals surface area contributed by atoms with Gasteiger partial charge in [0.2, 0.25) is 0 Å². The standard InChI is InChI=1S/C17H17FN4OS/c1-11-15(13-7-3-4-8-14(13)18)16(22-21-11)20-17(24-2)19-10-12-6-5-9-23-12/h3-9H,10H2,1-2H3,(H2,19,20,21,22). The van der Waals surface area contributed by atoms with Crippen molar-refractivity contribution in [3.8, 4) is 11.1 Å². The van der Waals surface area contributed by atoms with E-state index in [2.05, 4.69) is 20.5 Å². The third kappa shape index (κ3) is 3.51. The fourth-order valence-corrected chi connectivity index (χ4v) is 2.71. The topological polar surface area (TPSA) is 66.2 Å². The molecule has 0 spiro atoms. The monoisotopic (exact) mass is 344 g/mol. The summed E-state index contributed by atoms with van der Waals surface area (Å²) in [6.45, 7) is 2.29. The van der Waals surface area contributed by atoms with Crippen molar-refractivity contribution in [2.75, 3.05) is 11.6 Å². The maximum atomic E-state index is 14.1. The van der Waals surface area contributed by atoms with E-state index in [1.54, 1.807) is 24.5 Å². The molecule has 7 heteroatoms. The Morgan fingerprint density at radius 2 is 2.17 bits per heavy atom. The number of anilines is 1. The lowest BCUT2D eigenvalue weighted by Crippen LogP contribution is -2.09. The van der Waals surface area contributed by atoms with Crippen LogP contribution in [0.4, 0.5) is 10.2 Å². The normalized spacial score (nSPS) is 11.7. The van der Waals surface area contributed by atoms with Gasteiger partial charge < -0.3 is 9.73 Å². The molecule has 3 rings (SSSR count). The molecule has 2 N–H and O–H groups in total. The van der Waals surface area contributed by atoms with Crippen molar-refractivity contribution in [1.82, 2.24) is 10.2 Å². The fraction of sp³-hybridized carbons (Fsp3) is 0.176. The summed E-state index contributed by atoms with van der Waals surface area (Å²) in [7, 11) is 0. The van der Waals surface area contributed by atoms with Gasteiger partial charge in [0, 0.05) is 16.8 Å². The Balaban J connectivity index is 1.87. The number of rotatable bonds is 4. The summed E-state index contributed by atoms with van der Waals surface area (Å²) in [6, 6.07) is 10.3.